The topological polar surface area (TPSA) is 62.3 Å². The molecule has 2 heterocycles. The van der Waals surface area contributed by atoms with Crippen LogP contribution in [0.3, 0.4) is 0 Å². The van der Waals surface area contributed by atoms with Crippen molar-refractivity contribution in [3.63, 3.8) is 0 Å². The highest BCUT2D eigenvalue weighted by Crippen LogP contribution is 2.19. The van der Waals surface area contributed by atoms with E-state index < -0.39 is 0 Å². The lowest BCUT2D eigenvalue weighted by molar-refractivity contribution is -0.128. The Bertz CT molecular complexity index is 867. The number of rotatable bonds is 9. The molecule has 0 spiro atoms. The summed E-state index contributed by atoms with van der Waals surface area (Å²) in [6, 6.07) is 12.9. The third kappa shape index (κ3) is 6.59. The van der Waals surface area contributed by atoms with Gasteiger partial charge in [0.1, 0.15) is 0 Å². The largest absolute Gasteiger partial charge is 0.348 e. The highest BCUT2D eigenvalue weighted by atomic mass is 16.2. The Balaban J connectivity index is 1.68. The minimum absolute atomic E-state index is 0.0187. The normalized spacial score (nSPS) is 19.1. The van der Waals surface area contributed by atoms with Gasteiger partial charge in [0.2, 0.25) is 5.91 Å². The molecular formula is C26H33N3O2. The summed E-state index contributed by atoms with van der Waals surface area (Å²) in [7, 11) is 0. The Labute approximate surface area is 185 Å². The summed E-state index contributed by atoms with van der Waals surface area (Å²) < 4.78 is 0. The van der Waals surface area contributed by atoms with Crippen LogP contribution in [0.2, 0.25) is 0 Å². The SMILES string of the molecule is CC[C@H](C)[C@@H](/C=C/c1ccncc1)NC(=O)[C@@H]1CCCCN1CC(=O)c1ccccc1. The van der Waals surface area contributed by atoms with Crippen LogP contribution in [0.1, 0.15) is 55.5 Å². The van der Waals surface area contributed by atoms with E-state index in [1.807, 2.05) is 48.5 Å². The molecule has 0 saturated carbocycles. The van der Waals surface area contributed by atoms with Gasteiger partial charge in [-0.3, -0.25) is 19.5 Å². The highest BCUT2D eigenvalue weighted by molar-refractivity contribution is 5.98. The van der Waals surface area contributed by atoms with Gasteiger partial charge < -0.3 is 5.32 Å². The van der Waals surface area contributed by atoms with Gasteiger partial charge in [0.05, 0.1) is 18.6 Å². The molecule has 2 aromatic rings. The molecule has 3 rings (SSSR count). The maximum absolute atomic E-state index is 13.3. The number of carbonyl (C=O) groups is 2. The van der Waals surface area contributed by atoms with Gasteiger partial charge in [0.15, 0.2) is 5.78 Å². The summed E-state index contributed by atoms with van der Waals surface area (Å²) in [5, 5.41) is 3.26. The van der Waals surface area contributed by atoms with Crippen molar-refractivity contribution in [2.24, 2.45) is 5.92 Å². The van der Waals surface area contributed by atoms with Crippen LogP contribution in [-0.2, 0) is 4.79 Å². The summed E-state index contributed by atoms with van der Waals surface area (Å²) in [5.41, 5.74) is 1.76. The lowest BCUT2D eigenvalue weighted by atomic mass is 9.95. The average molecular weight is 420 g/mol. The molecule has 1 saturated heterocycles. The van der Waals surface area contributed by atoms with Gasteiger partial charge in [0, 0.05) is 18.0 Å². The number of Topliss-reactive ketones (excluding diaryl/α,β-unsaturated/α-hetero) is 1. The van der Waals surface area contributed by atoms with Crippen LogP contribution in [-0.4, -0.2) is 46.7 Å². The van der Waals surface area contributed by atoms with Gasteiger partial charge in [-0.2, -0.15) is 0 Å². The lowest BCUT2D eigenvalue weighted by Gasteiger charge is -2.35. The lowest BCUT2D eigenvalue weighted by Crippen LogP contribution is -2.53. The standard InChI is InChI=1S/C26H33N3O2/c1-3-20(2)23(13-12-21-14-16-27-17-15-21)28-26(31)24-11-7-8-18-29(24)19-25(30)22-9-5-4-6-10-22/h4-6,9-10,12-17,20,23-24H,3,7-8,11,18-19H2,1-2H3,(H,28,31)/b13-12+/t20-,23+,24-/m0/s1. The molecule has 0 aliphatic carbocycles. The molecule has 1 aromatic heterocycles. The van der Waals surface area contributed by atoms with Crippen LogP contribution in [0.25, 0.3) is 6.08 Å². The first-order valence-electron chi connectivity index (χ1n) is 11.3. The highest BCUT2D eigenvalue weighted by Gasteiger charge is 2.31. The summed E-state index contributed by atoms with van der Waals surface area (Å²) in [6.07, 6.45) is 11.4. The Morgan fingerprint density at radius 1 is 1.16 bits per heavy atom. The number of ketones is 1. The summed E-state index contributed by atoms with van der Waals surface area (Å²) in [5.74, 6) is 0.395. The van der Waals surface area contributed by atoms with E-state index in [9.17, 15) is 9.59 Å². The molecule has 1 aliphatic heterocycles. The van der Waals surface area contributed by atoms with E-state index in [4.69, 9.17) is 0 Å². The molecule has 3 atom stereocenters. The van der Waals surface area contributed by atoms with Crippen molar-refractivity contribution in [3.05, 3.63) is 72.1 Å². The molecular weight excluding hydrogens is 386 g/mol. The van der Waals surface area contributed by atoms with E-state index in [2.05, 4.69) is 35.1 Å². The number of nitrogens with zero attached hydrogens (tertiary/aromatic N) is 2. The Morgan fingerprint density at radius 3 is 2.61 bits per heavy atom. The van der Waals surface area contributed by atoms with Gasteiger partial charge in [-0.1, -0.05) is 69.2 Å². The van der Waals surface area contributed by atoms with Crippen LogP contribution in [0.4, 0.5) is 0 Å². The monoisotopic (exact) mass is 419 g/mol. The second kappa shape index (κ2) is 11.6. The number of benzene rings is 1. The number of aromatic nitrogens is 1. The number of hydrogen-bond acceptors (Lipinski definition) is 4. The number of amides is 1. The van der Waals surface area contributed by atoms with Crippen molar-refractivity contribution in [3.8, 4) is 0 Å². The molecule has 1 aliphatic rings. The quantitative estimate of drug-likeness (QED) is 0.614. The van der Waals surface area contributed by atoms with Crippen molar-refractivity contribution in [1.82, 2.24) is 15.2 Å². The molecule has 5 heteroatoms. The second-order valence-electron chi connectivity index (χ2n) is 8.33. The zero-order valence-electron chi connectivity index (χ0n) is 18.5. The molecule has 1 amide bonds. The fourth-order valence-corrected chi connectivity index (χ4v) is 3.96. The van der Waals surface area contributed by atoms with E-state index in [1.54, 1.807) is 12.4 Å². The molecule has 5 nitrogen and oxygen atoms in total. The number of pyridine rings is 1. The van der Waals surface area contributed by atoms with E-state index in [0.29, 0.717) is 11.5 Å². The summed E-state index contributed by atoms with van der Waals surface area (Å²) in [6.45, 7) is 5.34. The van der Waals surface area contributed by atoms with Gasteiger partial charge in [-0.05, 0) is 43.0 Å². The zero-order valence-corrected chi connectivity index (χ0v) is 18.5. The van der Waals surface area contributed by atoms with Gasteiger partial charge in [0.25, 0.3) is 0 Å². The van der Waals surface area contributed by atoms with Crippen molar-refractivity contribution in [2.45, 2.75) is 51.6 Å². The second-order valence-corrected chi connectivity index (χ2v) is 8.33. The number of nitrogens with one attached hydrogen (secondary N) is 1. The van der Waals surface area contributed by atoms with Crippen molar-refractivity contribution >= 4 is 17.8 Å². The van der Waals surface area contributed by atoms with Crippen LogP contribution >= 0.6 is 0 Å². The number of hydrogen-bond donors (Lipinski definition) is 1. The van der Waals surface area contributed by atoms with Gasteiger partial charge in [-0.25, -0.2) is 0 Å². The zero-order chi connectivity index (χ0) is 22.1. The average Bonchev–Trinajstić information content (AvgIpc) is 2.82. The van der Waals surface area contributed by atoms with Crippen LogP contribution in [0.5, 0.6) is 0 Å². The maximum Gasteiger partial charge on any atom is 0.237 e. The predicted octanol–water partition coefficient (Wildman–Crippen LogP) is 4.36. The van der Waals surface area contributed by atoms with Crippen LogP contribution in [0, 0.1) is 5.92 Å². The molecule has 1 aromatic carbocycles. The first-order valence-corrected chi connectivity index (χ1v) is 11.3. The fraction of sp³-hybridized carbons (Fsp3) is 0.423. The number of carbonyl (C=O) groups excluding carboxylic acids is 2. The Kier molecular flexibility index (Phi) is 8.53. The third-order valence-electron chi connectivity index (χ3n) is 6.13. The van der Waals surface area contributed by atoms with Crippen molar-refractivity contribution in [2.75, 3.05) is 13.1 Å². The summed E-state index contributed by atoms with van der Waals surface area (Å²) >= 11 is 0. The smallest absolute Gasteiger partial charge is 0.237 e. The van der Waals surface area contributed by atoms with E-state index in [-0.39, 0.29) is 30.3 Å². The van der Waals surface area contributed by atoms with Crippen molar-refractivity contribution in [1.29, 1.82) is 0 Å². The first-order chi connectivity index (χ1) is 15.1. The minimum Gasteiger partial charge on any atom is -0.348 e. The molecule has 0 bridgehead atoms. The minimum atomic E-state index is -0.262. The van der Waals surface area contributed by atoms with Crippen LogP contribution in [0.15, 0.2) is 60.9 Å². The molecule has 0 radical (unpaired) electrons. The molecule has 164 valence electrons. The summed E-state index contributed by atoms with van der Waals surface area (Å²) in [4.78, 5) is 32.1. The van der Waals surface area contributed by atoms with Crippen molar-refractivity contribution < 1.29 is 9.59 Å². The third-order valence-corrected chi connectivity index (χ3v) is 6.13. The van der Waals surface area contributed by atoms with Gasteiger partial charge >= 0.3 is 0 Å². The van der Waals surface area contributed by atoms with E-state index in [0.717, 1.165) is 37.8 Å². The van der Waals surface area contributed by atoms with E-state index >= 15 is 0 Å². The first kappa shape index (κ1) is 22.9. The number of likely N-dealkylation sites (tertiary alicyclic amines) is 1. The molecule has 31 heavy (non-hydrogen) atoms. The Hall–Kier alpha value is -2.79. The molecule has 1 N–H and O–H groups in total. The van der Waals surface area contributed by atoms with E-state index in [1.165, 1.54) is 0 Å². The Morgan fingerprint density at radius 2 is 1.90 bits per heavy atom. The maximum atomic E-state index is 13.3. The molecule has 0 unspecified atom stereocenters. The van der Waals surface area contributed by atoms with Gasteiger partial charge in [-0.15, -0.1) is 0 Å². The van der Waals surface area contributed by atoms with Crippen LogP contribution < -0.4 is 5.32 Å². The predicted molar refractivity (Wildman–Crippen MR) is 125 cm³/mol. The fourth-order valence-electron chi connectivity index (χ4n) is 3.96. The molecule has 1 fully saturated rings. The number of piperidine rings is 1.